The maximum atomic E-state index is 11.7. The maximum Gasteiger partial charge on any atom is 0.330 e. The van der Waals surface area contributed by atoms with E-state index in [1.54, 1.807) is 0 Å². The SMILES string of the molecule is [N-]=[N+]=N[C@]1(O)C[C@H](n2cc(Br)c(=O)[nH]c2=O)O[C@@H]1CO. The highest BCUT2D eigenvalue weighted by Gasteiger charge is 2.47. The van der Waals surface area contributed by atoms with Gasteiger partial charge in [0.1, 0.15) is 12.3 Å². The Morgan fingerprint density at radius 1 is 1.70 bits per heavy atom. The van der Waals surface area contributed by atoms with Crippen molar-refractivity contribution in [1.29, 1.82) is 0 Å². The van der Waals surface area contributed by atoms with E-state index in [0.717, 1.165) is 4.57 Å². The molecule has 11 heteroatoms. The molecule has 1 aliphatic rings. The fraction of sp³-hybridized carbons (Fsp3) is 0.556. The Balaban J connectivity index is 2.42. The van der Waals surface area contributed by atoms with Crippen molar-refractivity contribution in [3.05, 3.63) is 42.0 Å². The van der Waals surface area contributed by atoms with E-state index in [9.17, 15) is 14.7 Å². The van der Waals surface area contributed by atoms with Crippen LogP contribution in [0.4, 0.5) is 0 Å². The fourth-order valence-corrected chi connectivity index (χ4v) is 2.27. The molecule has 0 unspecified atom stereocenters. The van der Waals surface area contributed by atoms with E-state index in [2.05, 4.69) is 30.9 Å². The van der Waals surface area contributed by atoms with Gasteiger partial charge in [-0.25, -0.2) is 4.79 Å². The number of aliphatic hydroxyl groups excluding tert-OH is 1. The molecule has 108 valence electrons. The quantitative estimate of drug-likeness (QED) is 0.384. The molecule has 2 heterocycles. The number of ether oxygens (including phenoxy) is 1. The predicted octanol–water partition coefficient (Wildman–Crippen LogP) is -0.422. The average molecular weight is 348 g/mol. The van der Waals surface area contributed by atoms with E-state index in [4.69, 9.17) is 15.4 Å². The molecule has 0 amide bonds. The summed E-state index contributed by atoms with van der Waals surface area (Å²) in [6, 6.07) is 0. The van der Waals surface area contributed by atoms with Gasteiger partial charge in [-0.3, -0.25) is 14.3 Å². The lowest BCUT2D eigenvalue weighted by atomic mass is 10.1. The molecule has 0 saturated carbocycles. The van der Waals surface area contributed by atoms with Crippen molar-refractivity contribution in [1.82, 2.24) is 9.55 Å². The minimum atomic E-state index is -1.96. The second-order valence-electron chi connectivity index (χ2n) is 4.18. The van der Waals surface area contributed by atoms with Crippen LogP contribution in [0.2, 0.25) is 0 Å². The first-order valence-corrected chi connectivity index (χ1v) is 6.26. The normalized spacial score (nSPS) is 29.1. The highest BCUT2D eigenvalue weighted by molar-refractivity contribution is 9.10. The van der Waals surface area contributed by atoms with Crippen molar-refractivity contribution in [2.45, 2.75) is 24.5 Å². The van der Waals surface area contributed by atoms with Crippen molar-refractivity contribution in [3.8, 4) is 0 Å². The zero-order valence-electron chi connectivity index (χ0n) is 9.93. The van der Waals surface area contributed by atoms with Gasteiger partial charge in [0, 0.05) is 17.5 Å². The Labute approximate surface area is 119 Å². The van der Waals surface area contributed by atoms with Gasteiger partial charge < -0.3 is 14.9 Å². The number of rotatable bonds is 3. The van der Waals surface area contributed by atoms with E-state index in [-0.39, 0.29) is 10.9 Å². The van der Waals surface area contributed by atoms with Crippen LogP contribution in [-0.4, -0.2) is 38.2 Å². The van der Waals surface area contributed by atoms with Crippen LogP contribution < -0.4 is 11.2 Å². The molecule has 1 fully saturated rings. The van der Waals surface area contributed by atoms with E-state index < -0.39 is 35.9 Å². The molecule has 3 N–H and O–H groups in total. The Morgan fingerprint density at radius 2 is 2.40 bits per heavy atom. The Morgan fingerprint density at radius 3 is 3.00 bits per heavy atom. The van der Waals surface area contributed by atoms with Crippen LogP contribution in [0.3, 0.4) is 0 Å². The summed E-state index contributed by atoms with van der Waals surface area (Å²) in [6.45, 7) is -0.592. The molecule has 1 saturated heterocycles. The second kappa shape index (κ2) is 5.38. The number of aromatic amines is 1. The van der Waals surface area contributed by atoms with Crippen LogP contribution in [-0.2, 0) is 4.74 Å². The largest absolute Gasteiger partial charge is 0.394 e. The number of H-pyrrole nitrogens is 1. The molecule has 20 heavy (non-hydrogen) atoms. The summed E-state index contributed by atoms with van der Waals surface area (Å²) in [7, 11) is 0. The van der Waals surface area contributed by atoms with Crippen LogP contribution in [0.25, 0.3) is 10.4 Å². The molecule has 0 aromatic carbocycles. The minimum Gasteiger partial charge on any atom is -0.394 e. The molecule has 0 radical (unpaired) electrons. The van der Waals surface area contributed by atoms with Gasteiger partial charge in [-0.1, -0.05) is 5.11 Å². The first kappa shape index (κ1) is 14.8. The monoisotopic (exact) mass is 347 g/mol. The number of nitrogens with one attached hydrogen (secondary N) is 1. The zero-order chi connectivity index (χ0) is 14.9. The summed E-state index contributed by atoms with van der Waals surface area (Å²) in [4.78, 5) is 27.5. The summed E-state index contributed by atoms with van der Waals surface area (Å²) in [6.07, 6.45) is -1.19. The van der Waals surface area contributed by atoms with E-state index in [0.29, 0.717) is 0 Å². The summed E-state index contributed by atoms with van der Waals surface area (Å²) in [5.41, 5.74) is 5.12. The van der Waals surface area contributed by atoms with E-state index in [1.807, 2.05) is 0 Å². The molecule has 0 bridgehead atoms. The molecule has 1 aromatic heterocycles. The highest BCUT2D eigenvalue weighted by atomic mass is 79.9. The minimum absolute atomic E-state index is 0.0977. The van der Waals surface area contributed by atoms with Crippen molar-refractivity contribution in [2.75, 3.05) is 6.61 Å². The molecular formula is C9H10BrN5O5. The van der Waals surface area contributed by atoms with Crippen molar-refractivity contribution < 1.29 is 14.9 Å². The Bertz CT molecular complexity index is 680. The molecular weight excluding hydrogens is 338 g/mol. The Hall–Kier alpha value is -1.65. The molecule has 0 aliphatic carbocycles. The number of hydrogen-bond donors (Lipinski definition) is 3. The number of aliphatic hydroxyl groups is 2. The molecule has 2 rings (SSSR count). The topological polar surface area (TPSA) is 153 Å². The number of hydrogen-bond acceptors (Lipinski definition) is 6. The van der Waals surface area contributed by atoms with Gasteiger partial charge in [-0.15, -0.1) is 0 Å². The fourth-order valence-electron chi connectivity index (χ4n) is 1.95. The number of aromatic nitrogens is 2. The predicted molar refractivity (Wildman–Crippen MR) is 68.7 cm³/mol. The number of halogens is 1. The number of azide groups is 1. The molecule has 1 aliphatic heterocycles. The molecule has 3 atom stereocenters. The third kappa shape index (κ3) is 2.49. The second-order valence-corrected chi connectivity index (χ2v) is 5.03. The third-order valence-electron chi connectivity index (χ3n) is 2.93. The van der Waals surface area contributed by atoms with Crippen LogP contribution in [0, 0.1) is 0 Å². The average Bonchev–Trinajstić information content (AvgIpc) is 2.71. The lowest BCUT2D eigenvalue weighted by molar-refractivity contribution is -0.0797. The van der Waals surface area contributed by atoms with E-state index in [1.165, 1.54) is 6.20 Å². The van der Waals surface area contributed by atoms with Crippen molar-refractivity contribution in [3.63, 3.8) is 0 Å². The first-order chi connectivity index (χ1) is 9.41. The molecule has 1 aromatic rings. The maximum absolute atomic E-state index is 11.7. The van der Waals surface area contributed by atoms with Crippen LogP contribution in [0.1, 0.15) is 12.6 Å². The lowest BCUT2D eigenvalue weighted by Gasteiger charge is -2.19. The van der Waals surface area contributed by atoms with Gasteiger partial charge >= 0.3 is 5.69 Å². The van der Waals surface area contributed by atoms with Gasteiger partial charge in [-0.2, -0.15) is 0 Å². The summed E-state index contributed by atoms with van der Waals surface area (Å²) < 4.78 is 6.42. The smallest absolute Gasteiger partial charge is 0.330 e. The van der Waals surface area contributed by atoms with Crippen molar-refractivity contribution in [2.24, 2.45) is 5.11 Å². The van der Waals surface area contributed by atoms with E-state index >= 15 is 0 Å². The molecule has 10 nitrogen and oxygen atoms in total. The zero-order valence-corrected chi connectivity index (χ0v) is 11.5. The lowest BCUT2D eigenvalue weighted by Crippen LogP contribution is -2.38. The standard InChI is InChI=1S/C9H10BrN5O5/c10-4-2-15(8(18)12-7(4)17)6-1-9(19,13-14-11)5(3-16)20-6/h2,5-6,16,19H,1,3H2,(H,12,17,18)/t5-,6-,9+/m1/s1. The van der Waals surface area contributed by atoms with Crippen LogP contribution in [0.5, 0.6) is 0 Å². The Kier molecular flexibility index (Phi) is 3.97. The highest BCUT2D eigenvalue weighted by Crippen LogP contribution is 2.37. The van der Waals surface area contributed by atoms with Gasteiger partial charge in [0.2, 0.25) is 0 Å². The van der Waals surface area contributed by atoms with Gasteiger partial charge in [0.25, 0.3) is 5.56 Å². The van der Waals surface area contributed by atoms with Gasteiger partial charge in [0.05, 0.1) is 11.1 Å². The van der Waals surface area contributed by atoms with Crippen LogP contribution in [0.15, 0.2) is 25.4 Å². The van der Waals surface area contributed by atoms with Crippen molar-refractivity contribution >= 4 is 15.9 Å². The summed E-state index contributed by atoms with van der Waals surface area (Å²) in [5.74, 6) is 0. The van der Waals surface area contributed by atoms with Gasteiger partial charge in [0.15, 0.2) is 5.72 Å². The summed E-state index contributed by atoms with van der Waals surface area (Å²) >= 11 is 2.97. The third-order valence-corrected chi connectivity index (χ3v) is 3.50. The summed E-state index contributed by atoms with van der Waals surface area (Å²) in [5, 5.41) is 22.4. The van der Waals surface area contributed by atoms with Crippen LogP contribution >= 0.6 is 15.9 Å². The first-order valence-electron chi connectivity index (χ1n) is 5.47. The molecule has 0 spiro atoms. The van der Waals surface area contributed by atoms with Gasteiger partial charge in [-0.05, 0) is 21.5 Å². The number of nitrogens with zero attached hydrogens (tertiary/aromatic N) is 4.